The van der Waals surface area contributed by atoms with Gasteiger partial charge in [-0.1, -0.05) is 50.2 Å². The zero-order valence-corrected chi connectivity index (χ0v) is 19.5. The monoisotopic (exact) mass is 477 g/mol. The number of para-hydroxylation sites is 2. The Morgan fingerprint density at radius 3 is 1.74 bits per heavy atom. The first-order valence-electron chi connectivity index (χ1n) is 11.2. The predicted molar refractivity (Wildman–Crippen MR) is 133 cm³/mol. The number of hydrogen-bond acceptors (Lipinski definition) is 6. The number of rotatable bonds is 11. The number of carbonyl (C=O) groups is 2. The van der Waals surface area contributed by atoms with E-state index in [2.05, 4.69) is 10.6 Å². The first kappa shape index (κ1) is 25.2. The van der Waals surface area contributed by atoms with E-state index in [1.807, 2.05) is 19.1 Å². The van der Waals surface area contributed by atoms with Crippen LogP contribution in [0, 0.1) is 10.1 Å². The van der Waals surface area contributed by atoms with Gasteiger partial charge >= 0.3 is 0 Å². The second-order valence-electron chi connectivity index (χ2n) is 7.62. The Kier molecular flexibility index (Phi) is 8.77. The zero-order chi connectivity index (χ0) is 25.2. The number of amides is 2. The number of benzene rings is 3. The fourth-order valence-corrected chi connectivity index (χ4v) is 3.28. The molecule has 0 heterocycles. The molecular formula is C26H27N3O6. The molecule has 2 N–H and O–H groups in total. The van der Waals surface area contributed by atoms with Crippen molar-refractivity contribution in [3.05, 3.63) is 89.0 Å². The van der Waals surface area contributed by atoms with Crippen LogP contribution in [0.2, 0.25) is 0 Å². The van der Waals surface area contributed by atoms with Crippen LogP contribution in [-0.4, -0.2) is 28.9 Å². The van der Waals surface area contributed by atoms with Crippen LogP contribution in [0.15, 0.2) is 78.9 Å². The highest BCUT2D eigenvalue weighted by Gasteiger charge is 2.24. The minimum Gasteiger partial charge on any atom is -0.481 e. The second-order valence-corrected chi connectivity index (χ2v) is 7.62. The maximum atomic E-state index is 12.8. The summed E-state index contributed by atoms with van der Waals surface area (Å²) in [5.74, 6) is 0.104. The molecule has 0 saturated carbocycles. The number of nitrogens with zero attached hydrogens (tertiary/aromatic N) is 1. The van der Waals surface area contributed by atoms with Gasteiger partial charge in [0.25, 0.3) is 17.5 Å². The third-order valence-electron chi connectivity index (χ3n) is 5.09. The maximum absolute atomic E-state index is 12.8. The minimum absolute atomic E-state index is 0.0510. The zero-order valence-electron chi connectivity index (χ0n) is 19.5. The SMILES string of the molecule is CC[C@H](Oc1ccccc1)C(=O)Nc1cc(NC(=O)[C@@H](CC)Oc2ccccc2)ccc1[N+](=O)[O-]. The summed E-state index contributed by atoms with van der Waals surface area (Å²) in [6.45, 7) is 3.59. The Labute approximate surface area is 203 Å². The second kappa shape index (κ2) is 12.2. The molecule has 0 spiro atoms. The lowest BCUT2D eigenvalue weighted by Crippen LogP contribution is -2.33. The highest BCUT2D eigenvalue weighted by Crippen LogP contribution is 2.29. The summed E-state index contributed by atoms with van der Waals surface area (Å²) in [5.41, 5.74) is -0.0773. The Bertz CT molecular complexity index is 1150. The lowest BCUT2D eigenvalue weighted by molar-refractivity contribution is -0.383. The summed E-state index contributed by atoms with van der Waals surface area (Å²) in [6.07, 6.45) is -0.875. The van der Waals surface area contributed by atoms with Gasteiger partial charge < -0.3 is 20.1 Å². The molecule has 0 aromatic heterocycles. The van der Waals surface area contributed by atoms with Gasteiger partial charge in [-0.05, 0) is 49.2 Å². The largest absolute Gasteiger partial charge is 0.481 e. The molecule has 9 heteroatoms. The van der Waals surface area contributed by atoms with Crippen LogP contribution in [0.4, 0.5) is 17.1 Å². The standard InChI is InChI=1S/C26H27N3O6/c1-3-23(34-19-11-7-5-8-12-19)25(30)27-18-15-16-22(29(32)33)21(17-18)28-26(31)24(4-2)35-20-13-9-6-10-14-20/h5-17,23-24H,3-4H2,1-2H3,(H,27,30)(H,28,31)/t23-,24+/m1/s1. The fourth-order valence-electron chi connectivity index (χ4n) is 3.28. The van der Waals surface area contributed by atoms with Gasteiger partial charge in [0, 0.05) is 11.8 Å². The molecule has 0 aliphatic heterocycles. The molecule has 0 radical (unpaired) electrons. The van der Waals surface area contributed by atoms with E-state index >= 15 is 0 Å². The van der Waals surface area contributed by atoms with Crippen molar-refractivity contribution >= 4 is 28.9 Å². The lowest BCUT2D eigenvalue weighted by Gasteiger charge is -2.19. The average molecular weight is 478 g/mol. The molecule has 0 fully saturated rings. The van der Waals surface area contributed by atoms with Crippen LogP contribution in [0.5, 0.6) is 11.5 Å². The third-order valence-corrected chi connectivity index (χ3v) is 5.09. The van der Waals surface area contributed by atoms with E-state index in [1.165, 1.54) is 18.2 Å². The topological polar surface area (TPSA) is 120 Å². The van der Waals surface area contributed by atoms with E-state index in [0.29, 0.717) is 24.3 Å². The van der Waals surface area contributed by atoms with Gasteiger partial charge in [-0.25, -0.2) is 0 Å². The number of anilines is 2. The maximum Gasteiger partial charge on any atom is 0.292 e. The summed E-state index contributed by atoms with van der Waals surface area (Å²) in [6, 6.07) is 21.7. The molecule has 0 aliphatic carbocycles. The predicted octanol–water partition coefficient (Wildman–Crippen LogP) is 5.19. The van der Waals surface area contributed by atoms with Crippen LogP contribution >= 0.6 is 0 Å². The fraction of sp³-hybridized carbons (Fsp3) is 0.231. The Morgan fingerprint density at radius 1 is 0.800 bits per heavy atom. The first-order chi connectivity index (χ1) is 16.9. The van der Waals surface area contributed by atoms with Gasteiger partial charge in [0.15, 0.2) is 12.2 Å². The quantitative estimate of drug-likeness (QED) is 0.290. The third kappa shape index (κ3) is 7.04. The van der Waals surface area contributed by atoms with Crippen molar-refractivity contribution in [2.24, 2.45) is 0 Å². The van der Waals surface area contributed by atoms with Gasteiger partial charge in [0.1, 0.15) is 17.2 Å². The number of hydrogen-bond donors (Lipinski definition) is 2. The number of nitrogens with one attached hydrogen (secondary N) is 2. The molecule has 182 valence electrons. The lowest BCUT2D eigenvalue weighted by atomic mass is 10.2. The summed E-state index contributed by atoms with van der Waals surface area (Å²) < 4.78 is 11.5. The molecule has 0 aliphatic rings. The molecular weight excluding hydrogens is 450 g/mol. The number of nitro benzene ring substituents is 1. The summed E-state index contributed by atoms with van der Waals surface area (Å²) in [4.78, 5) is 36.6. The van der Waals surface area contributed by atoms with E-state index in [-0.39, 0.29) is 17.1 Å². The van der Waals surface area contributed by atoms with Crippen LogP contribution in [0.25, 0.3) is 0 Å². The summed E-state index contributed by atoms with van der Waals surface area (Å²) in [7, 11) is 0. The molecule has 3 aromatic carbocycles. The van der Waals surface area contributed by atoms with Crippen molar-refractivity contribution in [2.45, 2.75) is 38.9 Å². The molecule has 2 amide bonds. The number of carbonyl (C=O) groups excluding carboxylic acids is 2. The van der Waals surface area contributed by atoms with Crippen molar-refractivity contribution < 1.29 is 24.0 Å². The number of nitro groups is 1. The summed E-state index contributed by atoms with van der Waals surface area (Å²) in [5, 5.41) is 16.8. The molecule has 0 bridgehead atoms. The molecule has 2 atom stereocenters. The summed E-state index contributed by atoms with van der Waals surface area (Å²) >= 11 is 0. The molecule has 9 nitrogen and oxygen atoms in total. The van der Waals surface area contributed by atoms with Gasteiger partial charge in [-0.15, -0.1) is 0 Å². The van der Waals surface area contributed by atoms with Gasteiger partial charge in [-0.2, -0.15) is 0 Å². The van der Waals surface area contributed by atoms with Gasteiger partial charge in [0.05, 0.1) is 4.92 Å². The van der Waals surface area contributed by atoms with E-state index < -0.39 is 28.9 Å². The normalized spacial score (nSPS) is 12.2. The smallest absolute Gasteiger partial charge is 0.292 e. The highest BCUT2D eigenvalue weighted by atomic mass is 16.6. The van der Waals surface area contributed by atoms with E-state index in [4.69, 9.17) is 9.47 Å². The van der Waals surface area contributed by atoms with Crippen molar-refractivity contribution in [2.75, 3.05) is 10.6 Å². The number of ether oxygens (including phenoxy) is 2. The molecule has 3 aromatic rings. The molecule has 0 saturated heterocycles. The average Bonchev–Trinajstić information content (AvgIpc) is 2.86. The van der Waals surface area contributed by atoms with Crippen LogP contribution in [-0.2, 0) is 9.59 Å². The minimum atomic E-state index is -0.862. The van der Waals surface area contributed by atoms with Crippen LogP contribution in [0.3, 0.4) is 0 Å². The van der Waals surface area contributed by atoms with Crippen molar-refractivity contribution in [3.63, 3.8) is 0 Å². The van der Waals surface area contributed by atoms with E-state index in [0.717, 1.165) is 0 Å². The van der Waals surface area contributed by atoms with Gasteiger partial charge in [-0.3, -0.25) is 19.7 Å². The first-order valence-corrected chi connectivity index (χ1v) is 11.2. The molecule has 0 unspecified atom stereocenters. The Morgan fingerprint density at radius 2 is 1.29 bits per heavy atom. The van der Waals surface area contributed by atoms with Crippen LogP contribution < -0.4 is 20.1 Å². The molecule has 3 rings (SSSR count). The van der Waals surface area contributed by atoms with Crippen molar-refractivity contribution in [1.29, 1.82) is 0 Å². The van der Waals surface area contributed by atoms with Crippen molar-refractivity contribution in [3.8, 4) is 11.5 Å². The van der Waals surface area contributed by atoms with E-state index in [1.54, 1.807) is 55.5 Å². The highest BCUT2D eigenvalue weighted by molar-refractivity contribution is 5.99. The van der Waals surface area contributed by atoms with E-state index in [9.17, 15) is 19.7 Å². The Hall–Kier alpha value is -4.40. The Balaban J connectivity index is 1.75. The van der Waals surface area contributed by atoms with Crippen LogP contribution in [0.1, 0.15) is 26.7 Å². The van der Waals surface area contributed by atoms with Crippen molar-refractivity contribution in [1.82, 2.24) is 0 Å². The van der Waals surface area contributed by atoms with Gasteiger partial charge in [0.2, 0.25) is 0 Å². The molecule has 35 heavy (non-hydrogen) atoms.